The van der Waals surface area contributed by atoms with Gasteiger partial charge in [0.1, 0.15) is 6.09 Å². The maximum Gasteiger partial charge on any atom is 0.234 e. The van der Waals surface area contributed by atoms with E-state index in [0.29, 0.717) is 32.7 Å². The second kappa shape index (κ2) is 5.69. The van der Waals surface area contributed by atoms with Crippen LogP contribution in [0.3, 0.4) is 0 Å². The monoisotopic (exact) mass is 228 g/mol. The smallest absolute Gasteiger partial charge is 0.234 e. The highest BCUT2D eigenvalue weighted by molar-refractivity contribution is 5.78. The Bertz CT molecular complexity index is 260. The Morgan fingerprint density at radius 2 is 1.81 bits per heavy atom. The van der Waals surface area contributed by atoms with E-state index in [1.165, 1.54) is 4.90 Å². The zero-order valence-corrected chi connectivity index (χ0v) is 9.73. The number of amides is 2. The summed E-state index contributed by atoms with van der Waals surface area (Å²) >= 11 is 0. The van der Waals surface area contributed by atoms with E-state index < -0.39 is 6.09 Å². The first kappa shape index (κ1) is 12.8. The van der Waals surface area contributed by atoms with Gasteiger partial charge in [-0.15, -0.1) is 0 Å². The lowest BCUT2D eigenvalue weighted by Gasteiger charge is -2.35. The first-order valence-corrected chi connectivity index (χ1v) is 5.46. The molecular formula is C10H18N3O3-. The molecule has 92 valence electrons. The van der Waals surface area contributed by atoms with Crippen molar-refractivity contribution in [3.63, 3.8) is 0 Å². The van der Waals surface area contributed by atoms with E-state index in [9.17, 15) is 14.7 Å². The molecule has 0 atom stereocenters. The van der Waals surface area contributed by atoms with Crippen LogP contribution < -0.4 is 10.4 Å². The largest absolute Gasteiger partial charge is 0.530 e. The van der Waals surface area contributed by atoms with Crippen molar-refractivity contribution in [3.8, 4) is 0 Å². The third-order valence-electron chi connectivity index (χ3n) is 2.45. The summed E-state index contributed by atoms with van der Waals surface area (Å²) in [7, 11) is 0. The van der Waals surface area contributed by atoms with Crippen LogP contribution in [0.25, 0.3) is 0 Å². The number of carbonyl (C=O) groups is 2. The van der Waals surface area contributed by atoms with Crippen molar-refractivity contribution in [2.75, 3.05) is 32.7 Å². The fourth-order valence-electron chi connectivity index (χ4n) is 1.66. The molecule has 6 heteroatoms. The molecule has 0 unspecified atom stereocenters. The van der Waals surface area contributed by atoms with Gasteiger partial charge >= 0.3 is 0 Å². The zero-order valence-electron chi connectivity index (χ0n) is 9.73. The predicted octanol–water partition coefficient (Wildman–Crippen LogP) is -1.53. The lowest BCUT2D eigenvalue weighted by atomic mass is 10.3. The van der Waals surface area contributed by atoms with Crippen LogP contribution in [-0.4, -0.2) is 60.6 Å². The van der Waals surface area contributed by atoms with Gasteiger partial charge in [-0.05, 0) is 13.8 Å². The van der Waals surface area contributed by atoms with Gasteiger partial charge in [-0.3, -0.25) is 9.69 Å². The number of carboxylic acid groups (broad SMARTS) is 1. The van der Waals surface area contributed by atoms with Gasteiger partial charge < -0.3 is 20.1 Å². The standard InChI is InChI=1S/C10H19N3O3/c1-8(2)11-9(14)7-12-3-5-13(6-4-12)10(15)16/h8H,3-7H2,1-2H3,(H,11,14)(H,15,16)/p-1. The van der Waals surface area contributed by atoms with Crippen LogP contribution in [0.2, 0.25) is 0 Å². The molecule has 1 rings (SSSR count). The highest BCUT2D eigenvalue weighted by Crippen LogP contribution is 2.00. The third kappa shape index (κ3) is 4.06. The van der Waals surface area contributed by atoms with Crippen LogP contribution in [0.5, 0.6) is 0 Å². The zero-order chi connectivity index (χ0) is 12.1. The SMILES string of the molecule is CC(C)NC(=O)CN1CCN(C(=O)[O-])CC1. The third-order valence-corrected chi connectivity index (χ3v) is 2.45. The first-order valence-electron chi connectivity index (χ1n) is 5.46. The minimum atomic E-state index is -1.13. The summed E-state index contributed by atoms with van der Waals surface area (Å²) in [6.45, 7) is 6.14. The average Bonchev–Trinajstić information content (AvgIpc) is 2.16. The number of carbonyl (C=O) groups excluding carboxylic acids is 2. The van der Waals surface area contributed by atoms with E-state index in [-0.39, 0.29) is 11.9 Å². The lowest BCUT2D eigenvalue weighted by Crippen LogP contribution is -2.54. The van der Waals surface area contributed by atoms with Crippen molar-refractivity contribution >= 4 is 12.0 Å². The van der Waals surface area contributed by atoms with Gasteiger partial charge in [0, 0.05) is 32.2 Å². The maximum absolute atomic E-state index is 11.4. The highest BCUT2D eigenvalue weighted by Gasteiger charge is 2.18. The van der Waals surface area contributed by atoms with E-state index in [4.69, 9.17) is 0 Å². The van der Waals surface area contributed by atoms with Crippen molar-refractivity contribution in [1.82, 2.24) is 15.1 Å². The van der Waals surface area contributed by atoms with Crippen LogP contribution >= 0.6 is 0 Å². The number of hydrogen-bond donors (Lipinski definition) is 1. The summed E-state index contributed by atoms with van der Waals surface area (Å²) in [5.41, 5.74) is 0. The van der Waals surface area contributed by atoms with Crippen LogP contribution in [0.4, 0.5) is 4.79 Å². The molecule has 0 aromatic carbocycles. The van der Waals surface area contributed by atoms with Gasteiger partial charge in [0.15, 0.2) is 0 Å². The highest BCUT2D eigenvalue weighted by atomic mass is 16.4. The van der Waals surface area contributed by atoms with Gasteiger partial charge in [-0.2, -0.15) is 0 Å². The van der Waals surface area contributed by atoms with Crippen molar-refractivity contribution in [2.45, 2.75) is 19.9 Å². The molecule has 1 heterocycles. The molecule has 1 fully saturated rings. The fraction of sp³-hybridized carbons (Fsp3) is 0.800. The Morgan fingerprint density at radius 1 is 1.25 bits per heavy atom. The lowest BCUT2D eigenvalue weighted by molar-refractivity contribution is -0.266. The van der Waals surface area contributed by atoms with Gasteiger partial charge in [0.2, 0.25) is 5.91 Å². The predicted molar refractivity (Wildman–Crippen MR) is 56.7 cm³/mol. The summed E-state index contributed by atoms with van der Waals surface area (Å²) in [6.07, 6.45) is -1.13. The van der Waals surface area contributed by atoms with E-state index in [2.05, 4.69) is 5.32 Å². The van der Waals surface area contributed by atoms with Crippen molar-refractivity contribution in [1.29, 1.82) is 0 Å². The Morgan fingerprint density at radius 3 is 2.25 bits per heavy atom. The molecule has 0 aromatic heterocycles. The number of piperazine rings is 1. The second-order valence-electron chi connectivity index (χ2n) is 4.25. The normalized spacial score (nSPS) is 17.6. The fourth-order valence-corrected chi connectivity index (χ4v) is 1.66. The molecule has 1 aliphatic rings. The summed E-state index contributed by atoms with van der Waals surface area (Å²) < 4.78 is 0. The number of nitrogens with one attached hydrogen (secondary N) is 1. The van der Waals surface area contributed by atoms with Crippen molar-refractivity contribution < 1.29 is 14.7 Å². The molecule has 1 aliphatic heterocycles. The summed E-state index contributed by atoms with van der Waals surface area (Å²) in [6, 6.07) is 0.136. The molecule has 2 amide bonds. The Balaban J connectivity index is 2.26. The van der Waals surface area contributed by atoms with Gasteiger partial charge in [-0.1, -0.05) is 0 Å². The molecule has 6 nitrogen and oxygen atoms in total. The molecule has 0 bridgehead atoms. The van der Waals surface area contributed by atoms with Crippen molar-refractivity contribution in [2.24, 2.45) is 0 Å². The molecule has 1 N–H and O–H groups in total. The van der Waals surface area contributed by atoms with Crippen molar-refractivity contribution in [3.05, 3.63) is 0 Å². The Labute approximate surface area is 95.2 Å². The van der Waals surface area contributed by atoms with E-state index >= 15 is 0 Å². The average molecular weight is 228 g/mol. The quantitative estimate of drug-likeness (QED) is 0.636. The molecule has 16 heavy (non-hydrogen) atoms. The van der Waals surface area contributed by atoms with Crippen LogP contribution in [0, 0.1) is 0 Å². The molecule has 0 spiro atoms. The number of rotatable bonds is 3. The molecular weight excluding hydrogens is 210 g/mol. The molecule has 0 aromatic rings. The van der Waals surface area contributed by atoms with Gasteiger partial charge in [0.25, 0.3) is 0 Å². The van der Waals surface area contributed by atoms with Crippen LogP contribution in [-0.2, 0) is 4.79 Å². The summed E-state index contributed by atoms with van der Waals surface area (Å²) in [4.78, 5) is 25.2. The Hall–Kier alpha value is -1.30. The van der Waals surface area contributed by atoms with Crippen LogP contribution in [0.15, 0.2) is 0 Å². The molecule has 0 saturated carbocycles. The molecule has 0 aliphatic carbocycles. The van der Waals surface area contributed by atoms with Crippen LogP contribution in [0.1, 0.15) is 13.8 Å². The van der Waals surface area contributed by atoms with Gasteiger partial charge in [-0.25, -0.2) is 0 Å². The topological polar surface area (TPSA) is 75.7 Å². The summed E-state index contributed by atoms with van der Waals surface area (Å²) in [5, 5.41) is 13.3. The van der Waals surface area contributed by atoms with E-state index in [0.717, 1.165) is 0 Å². The van der Waals surface area contributed by atoms with Gasteiger partial charge in [0.05, 0.1) is 6.54 Å². The molecule has 0 radical (unpaired) electrons. The molecule has 1 saturated heterocycles. The second-order valence-corrected chi connectivity index (χ2v) is 4.25. The number of nitrogens with zero attached hydrogens (tertiary/aromatic N) is 2. The Kier molecular flexibility index (Phi) is 4.54. The minimum absolute atomic E-state index is 0.0168. The van der Waals surface area contributed by atoms with E-state index in [1.54, 1.807) is 0 Å². The summed E-state index contributed by atoms with van der Waals surface area (Å²) in [5.74, 6) is -0.0168. The maximum atomic E-state index is 11.4. The number of hydrogen-bond acceptors (Lipinski definition) is 4. The first-order chi connectivity index (χ1) is 7.49. The van der Waals surface area contributed by atoms with E-state index in [1.807, 2.05) is 18.7 Å². The minimum Gasteiger partial charge on any atom is -0.530 e.